The summed E-state index contributed by atoms with van der Waals surface area (Å²) in [6, 6.07) is 9.97. The molecule has 0 radical (unpaired) electrons. The number of nitrogens with zero attached hydrogens (tertiary/aromatic N) is 2. The zero-order chi connectivity index (χ0) is 16.4. The summed E-state index contributed by atoms with van der Waals surface area (Å²) in [5.74, 6) is 1.82. The molecular formula is C18H20N2O3S. The van der Waals surface area contributed by atoms with Crippen LogP contribution in [0.1, 0.15) is 15.2 Å². The van der Waals surface area contributed by atoms with Crippen molar-refractivity contribution in [1.29, 1.82) is 0 Å². The lowest BCUT2D eigenvalue weighted by atomic mass is 10.1. The van der Waals surface area contributed by atoms with E-state index in [-0.39, 0.29) is 5.91 Å². The number of carbonyl (C=O) groups is 1. The second-order valence-electron chi connectivity index (χ2n) is 6.02. The van der Waals surface area contributed by atoms with Crippen molar-refractivity contribution in [2.45, 2.75) is 6.54 Å². The van der Waals surface area contributed by atoms with Gasteiger partial charge in [0.05, 0.1) is 4.88 Å². The van der Waals surface area contributed by atoms with Crippen molar-refractivity contribution in [3.63, 3.8) is 0 Å². The third-order valence-electron chi connectivity index (χ3n) is 4.40. The Morgan fingerprint density at radius 1 is 1.04 bits per heavy atom. The second kappa shape index (κ2) is 6.83. The topological polar surface area (TPSA) is 42.0 Å². The maximum Gasteiger partial charge on any atom is 0.264 e. The van der Waals surface area contributed by atoms with E-state index in [4.69, 9.17) is 9.47 Å². The Morgan fingerprint density at radius 3 is 2.58 bits per heavy atom. The highest BCUT2D eigenvalue weighted by molar-refractivity contribution is 7.12. The van der Waals surface area contributed by atoms with E-state index < -0.39 is 0 Å². The van der Waals surface area contributed by atoms with Crippen molar-refractivity contribution < 1.29 is 14.3 Å². The minimum Gasteiger partial charge on any atom is -0.486 e. The lowest BCUT2D eigenvalue weighted by Gasteiger charge is -2.34. The third-order valence-corrected chi connectivity index (χ3v) is 5.26. The number of ether oxygens (including phenoxy) is 2. The first-order valence-corrected chi connectivity index (χ1v) is 9.11. The van der Waals surface area contributed by atoms with E-state index >= 15 is 0 Å². The molecule has 1 amide bonds. The zero-order valence-corrected chi connectivity index (χ0v) is 14.3. The number of amides is 1. The molecule has 2 aliphatic rings. The van der Waals surface area contributed by atoms with Crippen LogP contribution >= 0.6 is 11.3 Å². The highest BCUT2D eigenvalue weighted by Gasteiger charge is 2.23. The number of piperazine rings is 1. The van der Waals surface area contributed by atoms with E-state index in [9.17, 15) is 4.79 Å². The SMILES string of the molecule is O=C(c1cccs1)N1CCN(Cc2ccc3c(c2)OCCO3)CC1. The number of hydrogen-bond donors (Lipinski definition) is 0. The van der Waals surface area contributed by atoms with Gasteiger partial charge in [-0.2, -0.15) is 0 Å². The van der Waals surface area contributed by atoms with Crippen LogP contribution in [0.5, 0.6) is 11.5 Å². The van der Waals surface area contributed by atoms with Crippen LogP contribution in [0, 0.1) is 0 Å². The van der Waals surface area contributed by atoms with E-state index in [1.165, 1.54) is 16.9 Å². The average Bonchev–Trinajstić information content (AvgIpc) is 3.16. The molecule has 2 aliphatic heterocycles. The molecule has 1 fully saturated rings. The Labute approximate surface area is 145 Å². The Morgan fingerprint density at radius 2 is 1.83 bits per heavy atom. The summed E-state index contributed by atoms with van der Waals surface area (Å²) < 4.78 is 11.2. The van der Waals surface area contributed by atoms with Crippen molar-refractivity contribution in [2.24, 2.45) is 0 Å². The average molecular weight is 344 g/mol. The summed E-state index contributed by atoms with van der Waals surface area (Å²) >= 11 is 1.51. The molecule has 0 atom stereocenters. The number of fused-ring (bicyclic) bond motifs is 1. The summed E-state index contributed by atoms with van der Waals surface area (Å²) in [5.41, 5.74) is 1.22. The van der Waals surface area contributed by atoms with E-state index in [0.29, 0.717) is 13.2 Å². The molecule has 24 heavy (non-hydrogen) atoms. The molecule has 0 bridgehead atoms. The number of benzene rings is 1. The van der Waals surface area contributed by atoms with Gasteiger partial charge in [-0.05, 0) is 29.1 Å². The van der Waals surface area contributed by atoms with Crippen LogP contribution in [-0.4, -0.2) is 55.1 Å². The van der Waals surface area contributed by atoms with Gasteiger partial charge in [0.15, 0.2) is 11.5 Å². The van der Waals surface area contributed by atoms with Gasteiger partial charge in [0.1, 0.15) is 13.2 Å². The molecule has 0 spiro atoms. The van der Waals surface area contributed by atoms with Crippen LogP contribution in [0.2, 0.25) is 0 Å². The Balaban J connectivity index is 1.34. The van der Waals surface area contributed by atoms with Gasteiger partial charge in [0.25, 0.3) is 5.91 Å². The van der Waals surface area contributed by atoms with Crippen LogP contribution in [0.4, 0.5) is 0 Å². The van der Waals surface area contributed by atoms with Crippen molar-refractivity contribution in [2.75, 3.05) is 39.4 Å². The summed E-state index contributed by atoms with van der Waals surface area (Å²) in [6.45, 7) is 5.45. The highest BCUT2D eigenvalue weighted by atomic mass is 32.1. The van der Waals surface area contributed by atoms with Gasteiger partial charge in [-0.25, -0.2) is 0 Å². The van der Waals surface area contributed by atoms with Crippen LogP contribution in [0.15, 0.2) is 35.7 Å². The van der Waals surface area contributed by atoms with Gasteiger partial charge in [-0.15, -0.1) is 11.3 Å². The normalized spacial score (nSPS) is 17.8. The second-order valence-corrected chi connectivity index (χ2v) is 6.97. The van der Waals surface area contributed by atoms with Gasteiger partial charge >= 0.3 is 0 Å². The van der Waals surface area contributed by atoms with Crippen molar-refractivity contribution in [3.8, 4) is 11.5 Å². The number of rotatable bonds is 3. The molecule has 1 saturated heterocycles. The third kappa shape index (κ3) is 3.25. The Hall–Kier alpha value is -2.05. The molecule has 2 aromatic rings. The maximum atomic E-state index is 12.4. The van der Waals surface area contributed by atoms with Gasteiger partial charge < -0.3 is 14.4 Å². The molecule has 5 nitrogen and oxygen atoms in total. The predicted molar refractivity (Wildman–Crippen MR) is 92.9 cm³/mol. The molecule has 0 aliphatic carbocycles. The predicted octanol–water partition coefficient (Wildman–Crippen LogP) is 2.48. The minimum absolute atomic E-state index is 0.156. The lowest BCUT2D eigenvalue weighted by Crippen LogP contribution is -2.48. The first kappa shape index (κ1) is 15.5. The van der Waals surface area contributed by atoms with Crippen molar-refractivity contribution >= 4 is 17.2 Å². The lowest BCUT2D eigenvalue weighted by molar-refractivity contribution is 0.0633. The zero-order valence-electron chi connectivity index (χ0n) is 13.4. The Kier molecular flexibility index (Phi) is 4.40. The van der Waals surface area contributed by atoms with Gasteiger partial charge in [-0.3, -0.25) is 9.69 Å². The molecule has 1 aromatic heterocycles. The molecule has 0 saturated carbocycles. The smallest absolute Gasteiger partial charge is 0.264 e. The fraction of sp³-hybridized carbons (Fsp3) is 0.389. The first-order chi connectivity index (χ1) is 11.8. The monoisotopic (exact) mass is 344 g/mol. The van der Waals surface area contributed by atoms with E-state index in [1.54, 1.807) is 0 Å². The fourth-order valence-electron chi connectivity index (χ4n) is 3.11. The number of carbonyl (C=O) groups excluding carboxylic acids is 1. The van der Waals surface area contributed by atoms with Gasteiger partial charge in [0.2, 0.25) is 0 Å². The van der Waals surface area contributed by atoms with Crippen LogP contribution < -0.4 is 9.47 Å². The van der Waals surface area contributed by atoms with Crippen molar-refractivity contribution in [3.05, 3.63) is 46.2 Å². The minimum atomic E-state index is 0.156. The number of hydrogen-bond acceptors (Lipinski definition) is 5. The van der Waals surface area contributed by atoms with Crippen molar-refractivity contribution in [1.82, 2.24) is 9.80 Å². The summed E-state index contributed by atoms with van der Waals surface area (Å²) in [5, 5.41) is 1.95. The standard InChI is InChI=1S/C18H20N2O3S/c21-18(17-2-1-11-24-17)20-7-5-19(6-8-20)13-14-3-4-15-16(12-14)23-10-9-22-15/h1-4,11-12H,5-10,13H2. The highest BCUT2D eigenvalue weighted by Crippen LogP contribution is 2.31. The fourth-order valence-corrected chi connectivity index (χ4v) is 3.80. The molecule has 126 valence electrons. The molecule has 1 aromatic carbocycles. The van der Waals surface area contributed by atoms with Crippen LogP contribution in [0.3, 0.4) is 0 Å². The number of thiophene rings is 1. The summed E-state index contributed by atoms with van der Waals surface area (Å²) in [4.78, 5) is 17.5. The molecule has 0 unspecified atom stereocenters. The van der Waals surface area contributed by atoms with E-state index in [2.05, 4.69) is 17.0 Å². The first-order valence-electron chi connectivity index (χ1n) is 8.23. The molecule has 3 heterocycles. The molecule has 0 N–H and O–H groups in total. The molecular weight excluding hydrogens is 324 g/mol. The van der Waals surface area contributed by atoms with E-state index in [0.717, 1.165) is 49.1 Å². The quantitative estimate of drug-likeness (QED) is 0.858. The van der Waals surface area contributed by atoms with E-state index in [1.807, 2.05) is 28.5 Å². The molecule has 4 rings (SSSR count). The summed E-state index contributed by atoms with van der Waals surface area (Å²) in [6.07, 6.45) is 0. The maximum absolute atomic E-state index is 12.4. The van der Waals surface area contributed by atoms with Gasteiger partial charge in [-0.1, -0.05) is 12.1 Å². The summed E-state index contributed by atoms with van der Waals surface area (Å²) in [7, 11) is 0. The van der Waals surface area contributed by atoms with Gasteiger partial charge in [0, 0.05) is 32.7 Å². The Bertz CT molecular complexity index is 709. The van der Waals surface area contributed by atoms with Crippen LogP contribution in [-0.2, 0) is 6.54 Å². The largest absolute Gasteiger partial charge is 0.486 e. The van der Waals surface area contributed by atoms with Crippen LogP contribution in [0.25, 0.3) is 0 Å². The molecule has 6 heteroatoms.